The summed E-state index contributed by atoms with van der Waals surface area (Å²) in [5.41, 5.74) is 0. The van der Waals surface area contributed by atoms with Gasteiger partial charge in [-0.25, -0.2) is 13.1 Å². The summed E-state index contributed by atoms with van der Waals surface area (Å²) >= 11 is 0. The number of nitrogens with zero attached hydrogens (tertiary/aromatic N) is 1. The van der Waals surface area contributed by atoms with Gasteiger partial charge in [-0.05, 0) is 64.2 Å². The number of carbonyl (C=O) groups excluding carboxylic acids is 1. The fourth-order valence-electron chi connectivity index (χ4n) is 4.30. The van der Waals surface area contributed by atoms with Crippen LogP contribution in [0.3, 0.4) is 0 Å². The van der Waals surface area contributed by atoms with Crippen molar-refractivity contribution in [2.75, 3.05) is 13.2 Å². The molecule has 0 bridgehead atoms. The molecular weight excluding hydrogens is 364 g/mol. The highest BCUT2D eigenvalue weighted by molar-refractivity contribution is 7.90. The van der Waals surface area contributed by atoms with Crippen molar-refractivity contribution in [2.24, 2.45) is 11.8 Å². The number of hydrogen-bond acceptors (Lipinski definition) is 4. The maximum atomic E-state index is 12.4. The van der Waals surface area contributed by atoms with Gasteiger partial charge in [0.15, 0.2) is 0 Å². The van der Waals surface area contributed by atoms with E-state index >= 15 is 0 Å². The maximum Gasteiger partial charge on any atom is 0.219 e. The first kappa shape index (κ1) is 22.6. The lowest BCUT2D eigenvalue weighted by atomic mass is 9.80. The van der Waals surface area contributed by atoms with E-state index in [1.807, 2.05) is 0 Å². The van der Waals surface area contributed by atoms with E-state index < -0.39 is 15.3 Å². The molecule has 0 aromatic heterocycles. The zero-order valence-corrected chi connectivity index (χ0v) is 18.4. The second-order valence-electron chi connectivity index (χ2n) is 8.85. The minimum atomic E-state index is -3.38. The Morgan fingerprint density at radius 3 is 2.26 bits per heavy atom. The second kappa shape index (κ2) is 9.70. The number of piperidine rings is 1. The summed E-state index contributed by atoms with van der Waals surface area (Å²) in [6.07, 6.45) is 6.25. The Morgan fingerprint density at radius 2 is 1.74 bits per heavy atom. The number of likely N-dealkylation sites (tertiary alicyclic amines) is 1. The number of amides is 1. The first-order chi connectivity index (χ1) is 12.6. The summed E-state index contributed by atoms with van der Waals surface area (Å²) in [5.74, 6) is 1.48. The molecule has 6 nitrogen and oxygen atoms in total. The predicted molar refractivity (Wildman–Crippen MR) is 108 cm³/mol. The average molecular weight is 403 g/mol. The Hall–Kier alpha value is -0.660. The van der Waals surface area contributed by atoms with Crippen molar-refractivity contribution >= 4 is 15.9 Å². The monoisotopic (exact) mass is 402 g/mol. The van der Waals surface area contributed by atoms with E-state index in [1.165, 1.54) is 12.8 Å². The lowest BCUT2D eigenvalue weighted by Gasteiger charge is -2.42. The van der Waals surface area contributed by atoms with E-state index in [2.05, 4.69) is 18.6 Å². The van der Waals surface area contributed by atoms with Gasteiger partial charge in [0.1, 0.15) is 0 Å². The van der Waals surface area contributed by atoms with E-state index in [0.29, 0.717) is 19.1 Å². The quantitative estimate of drug-likeness (QED) is 0.710. The van der Waals surface area contributed by atoms with E-state index in [0.717, 1.165) is 31.6 Å². The van der Waals surface area contributed by atoms with Gasteiger partial charge in [0, 0.05) is 19.5 Å². The molecule has 1 N–H and O–H groups in total. The van der Waals surface area contributed by atoms with Crippen LogP contribution in [0.5, 0.6) is 0 Å². The lowest BCUT2D eigenvalue weighted by molar-refractivity contribution is -0.136. The van der Waals surface area contributed by atoms with Crippen LogP contribution in [0.15, 0.2) is 0 Å². The third-order valence-electron chi connectivity index (χ3n) is 6.28. The summed E-state index contributed by atoms with van der Waals surface area (Å²) in [6, 6.07) is -0.505. The maximum absolute atomic E-state index is 12.4. The van der Waals surface area contributed by atoms with E-state index in [1.54, 1.807) is 25.7 Å². The first-order valence-electron chi connectivity index (χ1n) is 10.5. The van der Waals surface area contributed by atoms with Crippen LogP contribution in [-0.2, 0) is 19.6 Å². The summed E-state index contributed by atoms with van der Waals surface area (Å²) in [4.78, 5) is 13.9. The van der Waals surface area contributed by atoms with Crippen molar-refractivity contribution in [3.8, 4) is 0 Å². The zero-order valence-electron chi connectivity index (χ0n) is 17.6. The number of nitrogens with one attached hydrogen (secondary N) is 1. The van der Waals surface area contributed by atoms with Crippen LogP contribution in [0, 0.1) is 11.8 Å². The minimum absolute atomic E-state index is 0.0134. The van der Waals surface area contributed by atoms with Crippen molar-refractivity contribution < 1.29 is 17.9 Å². The summed E-state index contributed by atoms with van der Waals surface area (Å²) in [7, 11) is -3.38. The Morgan fingerprint density at radius 1 is 1.11 bits per heavy atom. The minimum Gasteiger partial charge on any atom is -0.376 e. The van der Waals surface area contributed by atoms with Crippen LogP contribution in [0.2, 0.25) is 0 Å². The van der Waals surface area contributed by atoms with Crippen LogP contribution in [0.25, 0.3) is 0 Å². The molecule has 7 heteroatoms. The normalized spacial score (nSPS) is 30.1. The topological polar surface area (TPSA) is 75.7 Å². The SMILES string of the molecule is CC(=O)N1CCC[C@H](NS(=O)(=O)C(C)C)[C@@H]1CO[C@H]1CC[C@@H](C(C)C)CC1. The smallest absolute Gasteiger partial charge is 0.219 e. The summed E-state index contributed by atoms with van der Waals surface area (Å²) < 4.78 is 33.8. The Kier molecular flexibility index (Phi) is 8.13. The molecule has 0 unspecified atom stereocenters. The van der Waals surface area contributed by atoms with Crippen LogP contribution < -0.4 is 4.72 Å². The highest BCUT2D eigenvalue weighted by Gasteiger charge is 2.37. The number of carbonyl (C=O) groups is 1. The van der Waals surface area contributed by atoms with Crippen molar-refractivity contribution in [1.29, 1.82) is 0 Å². The van der Waals surface area contributed by atoms with Crippen LogP contribution in [0.4, 0.5) is 0 Å². The molecule has 0 aromatic rings. The number of sulfonamides is 1. The number of ether oxygens (including phenoxy) is 1. The molecule has 0 spiro atoms. The van der Waals surface area contributed by atoms with Crippen LogP contribution in [-0.4, -0.2) is 55.8 Å². The first-order valence-corrected chi connectivity index (χ1v) is 12.1. The highest BCUT2D eigenvalue weighted by atomic mass is 32.2. The summed E-state index contributed by atoms with van der Waals surface area (Å²) in [6.45, 7) is 10.5. The van der Waals surface area contributed by atoms with Gasteiger partial charge in [0.05, 0.1) is 24.0 Å². The molecule has 0 radical (unpaired) electrons. The van der Waals surface area contributed by atoms with Gasteiger partial charge in [-0.2, -0.15) is 0 Å². The average Bonchev–Trinajstić information content (AvgIpc) is 2.60. The molecule has 1 aliphatic carbocycles. The fourth-order valence-corrected chi connectivity index (χ4v) is 5.26. The molecule has 1 saturated heterocycles. The Balaban J connectivity index is 2.00. The fraction of sp³-hybridized carbons (Fsp3) is 0.950. The van der Waals surface area contributed by atoms with Crippen molar-refractivity contribution in [2.45, 2.75) is 96.6 Å². The van der Waals surface area contributed by atoms with Gasteiger partial charge < -0.3 is 9.64 Å². The molecule has 0 aromatic carbocycles. The molecule has 2 aliphatic rings. The predicted octanol–water partition coefficient (Wildman–Crippen LogP) is 2.93. The van der Waals surface area contributed by atoms with Crippen LogP contribution >= 0.6 is 0 Å². The van der Waals surface area contributed by atoms with Crippen molar-refractivity contribution in [3.63, 3.8) is 0 Å². The summed E-state index contributed by atoms with van der Waals surface area (Å²) in [5, 5.41) is -0.488. The standard InChI is InChI=1S/C20H38N2O4S/c1-14(2)17-8-10-18(11-9-17)26-13-20-19(21-27(24,25)15(3)4)7-6-12-22(20)16(5)23/h14-15,17-21H,6-13H2,1-5H3/t17-,18+,19-,20-/m0/s1. The lowest BCUT2D eigenvalue weighted by Crippen LogP contribution is -2.59. The van der Waals surface area contributed by atoms with E-state index in [4.69, 9.17) is 4.74 Å². The molecule has 2 atom stereocenters. The highest BCUT2D eigenvalue weighted by Crippen LogP contribution is 2.31. The number of hydrogen-bond donors (Lipinski definition) is 1. The Labute approximate surface area is 165 Å². The van der Waals surface area contributed by atoms with Gasteiger partial charge in [-0.1, -0.05) is 13.8 Å². The van der Waals surface area contributed by atoms with Gasteiger partial charge in [0.2, 0.25) is 15.9 Å². The molecule has 1 amide bonds. The van der Waals surface area contributed by atoms with Crippen molar-refractivity contribution in [1.82, 2.24) is 9.62 Å². The van der Waals surface area contributed by atoms with Gasteiger partial charge >= 0.3 is 0 Å². The van der Waals surface area contributed by atoms with Gasteiger partial charge in [0.25, 0.3) is 0 Å². The molecular formula is C20H38N2O4S. The third kappa shape index (κ3) is 6.16. The molecule has 2 rings (SSSR count). The molecule has 27 heavy (non-hydrogen) atoms. The van der Waals surface area contributed by atoms with E-state index in [-0.39, 0.29) is 24.1 Å². The van der Waals surface area contributed by atoms with Crippen molar-refractivity contribution in [3.05, 3.63) is 0 Å². The van der Waals surface area contributed by atoms with Gasteiger partial charge in [-0.3, -0.25) is 4.79 Å². The molecule has 2 fully saturated rings. The van der Waals surface area contributed by atoms with Crippen LogP contribution in [0.1, 0.15) is 73.1 Å². The largest absolute Gasteiger partial charge is 0.376 e. The Bertz CT molecular complexity index is 583. The molecule has 158 valence electrons. The third-order valence-corrected chi connectivity index (χ3v) is 8.16. The van der Waals surface area contributed by atoms with E-state index in [9.17, 15) is 13.2 Å². The number of rotatable bonds is 7. The molecule has 1 aliphatic heterocycles. The second-order valence-corrected chi connectivity index (χ2v) is 11.1. The molecule has 1 heterocycles. The van der Waals surface area contributed by atoms with Gasteiger partial charge in [-0.15, -0.1) is 0 Å². The zero-order chi connectivity index (χ0) is 20.2. The molecule has 1 saturated carbocycles.